The van der Waals surface area contributed by atoms with E-state index in [-0.39, 0.29) is 11.8 Å². The molecule has 1 aliphatic rings. The number of benzene rings is 1. The third-order valence-corrected chi connectivity index (χ3v) is 4.58. The Morgan fingerprint density at radius 1 is 1.50 bits per heavy atom. The Kier molecular flexibility index (Phi) is 3.34. The highest BCUT2D eigenvalue weighted by atomic mass is 32.1. The summed E-state index contributed by atoms with van der Waals surface area (Å²) < 4.78 is 3.29. The Labute approximate surface area is 122 Å². The van der Waals surface area contributed by atoms with Crippen LogP contribution in [0.4, 0.5) is 0 Å². The van der Waals surface area contributed by atoms with E-state index in [1.54, 1.807) is 11.3 Å². The first kappa shape index (κ1) is 13.3. The van der Waals surface area contributed by atoms with Crippen LogP contribution in [0.2, 0.25) is 0 Å². The molecular weight excluding hydrogens is 268 g/mol. The Hall–Kier alpha value is -1.68. The minimum Gasteiger partial charge on any atom is -0.312 e. The molecule has 1 heterocycles. The van der Waals surface area contributed by atoms with Crippen molar-refractivity contribution in [1.29, 1.82) is 0 Å². The molecule has 3 nitrogen and oxygen atoms in total. The van der Waals surface area contributed by atoms with Crippen molar-refractivity contribution < 1.29 is 4.79 Å². The average molecular weight is 286 g/mol. The standard InChI is InChI=1S/C16H18N2OS/c1-4-7-18-14-11(3)8-10(2)9-13(14)20-16(18)17-15(19)12-5-6-12/h4,8-9,12H,1,5-7H2,2-3H3. The summed E-state index contributed by atoms with van der Waals surface area (Å²) in [6.45, 7) is 8.69. The van der Waals surface area contributed by atoms with Crippen LogP contribution in [0.3, 0.4) is 0 Å². The van der Waals surface area contributed by atoms with E-state index in [1.807, 2.05) is 6.08 Å². The zero-order valence-electron chi connectivity index (χ0n) is 11.8. The van der Waals surface area contributed by atoms with Crippen molar-refractivity contribution >= 4 is 27.5 Å². The fourth-order valence-electron chi connectivity index (χ4n) is 2.49. The summed E-state index contributed by atoms with van der Waals surface area (Å²) in [4.78, 5) is 17.1. The summed E-state index contributed by atoms with van der Waals surface area (Å²) >= 11 is 1.59. The first-order valence-electron chi connectivity index (χ1n) is 6.90. The Morgan fingerprint density at radius 3 is 2.90 bits per heavy atom. The highest BCUT2D eigenvalue weighted by molar-refractivity contribution is 7.16. The third kappa shape index (κ3) is 2.36. The van der Waals surface area contributed by atoms with Crippen molar-refractivity contribution in [2.45, 2.75) is 33.2 Å². The highest BCUT2D eigenvalue weighted by Crippen LogP contribution is 2.30. The summed E-state index contributed by atoms with van der Waals surface area (Å²) in [5.74, 6) is 0.198. The number of hydrogen-bond acceptors (Lipinski definition) is 2. The predicted octanol–water partition coefficient (Wildman–Crippen LogP) is 3.34. The minimum atomic E-state index is 0.0312. The number of allylic oxidation sites excluding steroid dienone is 1. The fraction of sp³-hybridized carbons (Fsp3) is 0.375. The van der Waals surface area contributed by atoms with Crippen molar-refractivity contribution in [3.05, 3.63) is 40.7 Å². The van der Waals surface area contributed by atoms with E-state index in [2.05, 4.69) is 42.1 Å². The van der Waals surface area contributed by atoms with Crippen LogP contribution in [0.1, 0.15) is 24.0 Å². The van der Waals surface area contributed by atoms with E-state index in [9.17, 15) is 4.79 Å². The van der Waals surface area contributed by atoms with Gasteiger partial charge >= 0.3 is 0 Å². The van der Waals surface area contributed by atoms with Crippen LogP contribution in [-0.2, 0) is 11.3 Å². The molecule has 0 N–H and O–H groups in total. The molecule has 0 unspecified atom stereocenters. The molecule has 1 aromatic carbocycles. The van der Waals surface area contributed by atoms with Gasteiger partial charge < -0.3 is 4.57 Å². The van der Waals surface area contributed by atoms with Gasteiger partial charge in [0.25, 0.3) is 5.91 Å². The number of nitrogens with zero attached hydrogens (tertiary/aromatic N) is 2. The zero-order valence-corrected chi connectivity index (χ0v) is 12.7. The molecule has 0 aliphatic heterocycles. The normalized spacial score (nSPS) is 15.8. The third-order valence-electron chi connectivity index (χ3n) is 3.56. The average Bonchev–Trinajstić information content (AvgIpc) is 3.16. The van der Waals surface area contributed by atoms with Crippen LogP contribution in [0, 0.1) is 19.8 Å². The zero-order chi connectivity index (χ0) is 14.3. The lowest BCUT2D eigenvalue weighted by atomic mass is 10.1. The molecule has 4 heteroatoms. The van der Waals surface area contributed by atoms with Gasteiger partial charge in [0.15, 0.2) is 4.80 Å². The number of rotatable bonds is 3. The minimum absolute atomic E-state index is 0.0312. The number of fused-ring (bicyclic) bond motifs is 1. The smallest absolute Gasteiger partial charge is 0.251 e. The number of aromatic nitrogens is 1. The van der Waals surface area contributed by atoms with Gasteiger partial charge in [-0.25, -0.2) is 0 Å². The number of amides is 1. The van der Waals surface area contributed by atoms with Crippen LogP contribution in [0.25, 0.3) is 10.2 Å². The summed E-state index contributed by atoms with van der Waals surface area (Å²) in [5.41, 5.74) is 3.63. The Morgan fingerprint density at radius 2 is 2.25 bits per heavy atom. The lowest BCUT2D eigenvalue weighted by Crippen LogP contribution is -2.17. The lowest BCUT2D eigenvalue weighted by Gasteiger charge is -2.05. The fourth-order valence-corrected chi connectivity index (χ4v) is 3.71. The van der Waals surface area contributed by atoms with Crippen molar-refractivity contribution in [2.24, 2.45) is 10.9 Å². The van der Waals surface area contributed by atoms with Gasteiger partial charge in [-0.1, -0.05) is 23.5 Å². The van der Waals surface area contributed by atoms with Crippen LogP contribution < -0.4 is 4.80 Å². The number of thiazole rings is 1. The van der Waals surface area contributed by atoms with Crippen molar-refractivity contribution in [2.75, 3.05) is 0 Å². The van der Waals surface area contributed by atoms with E-state index in [0.29, 0.717) is 6.54 Å². The molecule has 1 aliphatic carbocycles. The monoisotopic (exact) mass is 286 g/mol. The maximum absolute atomic E-state index is 12.0. The van der Waals surface area contributed by atoms with Gasteiger partial charge in [0.1, 0.15) is 0 Å². The van der Waals surface area contributed by atoms with Crippen molar-refractivity contribution in [3.63, 3.8) is 0 Å². The molecule has 1 saturated carbocycles. The van der Waals surface area contributed by atoms with Crippen LogP contribution in [0.15, 0.2) is 29.8 Å². The number of carbonyl (C=O) groups is 1. The predicted molar refractivity (Wildman–Crippen MR) is 82.8 cm³/mol. The van der Waals surface area contributed by atoms with Crippen LogP contribution in [-0.4, -0.2) is 10.5 Å². The summed E-state index contributed by atoms with van der Waals surface area (Å²) in [6.07, 6.45) is 3.84. The molecule has 0 bridgehead atoms. The second-order valence-corrected chi connectivity index (χ2v) is 6.45. The molecule has 0 atom stereocenters. The SMILES string of the molecule is C=CCn1c(=NC(=O)C2CC2)sc2cc(C)cc(C)c21. The summed E-state index contributed by atoms with van der Waals surface area (Å²) in [7, 11) is 0. The van der Waals surface area contributed by atoms with E-state index in [4.69, 9.17) is 0 Å². The molecule has 3 rings (SSSR count). The first-order valence-corrected chi connectivity index (χ1v) is 7.72. The van der Waals surface area contributed by atoms with Gasteiger partial charge in [0, 0.05) is 12.5 Å². The van der Waals surface area contributed by atoms with Crippen LogP contribution >= 0.6 is 11.3 Å². The molecule has 0 radical (unpaired) electrons. The van der Waals surface area contributed by atoms with E-state index in [1.165, 1.54) is 21.3 Å². The van der Waals surface area contributed by atoms with Crippen molar-refractivity contribution in [1.82, 2.24) is 4.57 Å². The molecule has 1 fully saturated rings. The number of hydrogen-bond donors (Lipinski definition) is 0. The number of aryl methyl sites for hydroxylation is 2. The molecule has 1 amide bonds. The maximum Gasteiger partial charge on any atom is 0.251 e. The molecule has 0 spiro atoms. The molecule has 104 valence electrons. The second kappa shape index (κ2) is 5.02. The van der Waals surface area contributed by atoms with Gasteiger partial charge in [0.2, 0.25) is 0 Å². The highest BCUT2D eigenvalue weighted by Gasteiger charge is 2.29. The topological polar surface area (TPSA) is 34.4 Å². The van der Waals surface area contributed by atoms with Crippen LogP contribution in [0.5, 0.6) is 0 Å². The largest absolute Gasteiger partial charge is 0.312 e. The molecule has 1 aromatic heterocycles. The van der Waals surface area contributed by atoms with E-state index >= 15 is 0 Å². The van der Waals surface area contributed by atoms with Gasteiger partial charge in [-0.05, 0) is 43.9 Å². The maximum atomic E-state index is 12.0. The van der Waals surface area contributed by atoms with E-state index < -0.39 is 0 Å². The quantitative estimate of drug-likeness (QED) is 0.797. The van der Waals surface area contributed by atoms with Gasteiger partial charge in [0.05, 0.1) is 10.2 Å². The van der Waals surface area contributed by atoms with E-state index in [0.717, 1.165) is 17.6 Å². The summed E-state index contributed by atoms with van der Waals surface area (Å²) in [6, 6.07) is 4.33. The van der Waals surface area contributed by atoms with Crippen molar-refractivity contribution in [3.8, 4) is 0 Å². The second-order valence-electron chi connectivity index (χ2n) is 5.44. The molecule has 2 aromatic rings. The number of carbonyl (C=O) groups excluding carboxylic acids is 1. The molecular formula is C16H18N2OS. The Bertz CT molecular complexity index is 763. The molecule has 20 heavy (non-hydrogen) atoms. The summed E-state index contributed by atoms with van der Waals surface area (Å²) in [5, 5.41) is 0. The van der Waals surface area contributed by atoms with Gasteiger partial charge in [-0.2, -0.15) is 4.99 Å². The molecule has 0 saturated heterocycles. The lowest BCUT2D eigenvalue weighted by molar-refractivity contribution is -0.119. The Balaban J connectivity index is 2.25. The first-order chi connectivity index (χ1) is 9.60. The van der Waals surface area contributed by atoms with Gasteiger partial charge in [-0.3, -0.25) is 4.79 Å². The van der Waals surface area contributed by atoms with Gasteiger partial charge in [-0.15, -0.1) is 6.58 Å².